The van der Waals surface area contributed by atoms with Crippen LogP contribution in [0.1, 0.15) is 11.1 Å². The van der Waals surface area contributed by atoms with Crippen molar-refractivity contribution in [2.45, 2.75) is 13.5 Å². The average Bonchev–Trinajstić information content (AvgIpc) is 2.54. The normalized spacial score (nSPS) is 10.7. The Morgan fingerprint density at radius 2 is 2.04 bits per heavy atom. The lowest BCUT2D eigenvalue weighted by Gasteiger charge is -2.12. The van der Waals surface area contributed by atoms with Gasteiger partial charge in [0.25, 0.3) is 5.56 Å². The highest BCUT2D eigenvalue weighted by Crippen LogP contribution is 2.19. The molecule has 0 saturated heterocycles. The number of hydrogen-bond acceptors (Lipinski definition) is 5. The van der Waals surface area contributed by atoms with Crippen LogP contribution >= 0.6 is 0 Å². The summed E-state index contributed by atoms with van der Waals surface area (Å²) >= 11 is 0. The van der Waals surface area contributed by atoms with Gasteiger partial charge < -0.3 is 15.7 Å². The molecule has 2 aromatic heterocycles. The summed E-state index contributed by atoms with van der Waals surface area (Å²) in [7, 11) is 1.80. The molecule has 3 N–H and O–H groups in total. The summed E-state index contributed by atoms with van der Waals surface area (Å²) in [5, 5.41) is 15.7. The average molecular weight is 310 g/mol. The van der Waals surface area contributed by atoms with E-state index >= 15 is 0 Å². The van der Waals surface area contributed by atoms with Gasteiger partial charge in [0.05, 0.1) is 12.2 Å². The summed E-state index contributed by atoms with van der Waals surface area (Å²) in [6.07, 6.45) is 1.64. The molecule has 2 heterocycles. The molecule has 0 unspecified atom stereocenters. The van der Waals surface area contributed by atoms with E-state index in [4.69, 9.17) is 0 Å². The zero-order chi connectivity index (χ0) is 16.4. The molecule has 0 spiro atoms. The van der Waals surface area contributed by atoms with Crippen LogP contribution in [-0.2, 0) is 6.61 Å². The predicted molar refractivity (Wildman–Crippen MR) is 91.4 cm³/mol. The van der Waals surface area contributed by atoms with Crippen LogP contribution < -0.4 is 16.2 Å². The molecule has 0 fully saturated rings. The van der Waals surface area contributed by atoms with E-state index in [0.29, 0.717) is 11.5 Å². The third-order valence-electron chi connectivity index (χ3n) is 3.65. The fourth-order valence-corrected chi connectivity index (χ4v) is 2.44. The van der Waals surface area contributed by atoms with Gasteiger partial charge in [0.1, 0.15) is 11.5 Å². The summed E-state index contributed by atoms with van der Waals surface area (Å²) < 4.78 is 1.42. The monoisotopic (exact) mass is 310 g/mol. The maximum Gasteiger partial charge on any atom is 0.265 e. The van der Waals surface area contributed by atoms with E-state index in [0.717, 1.165) is 16.9 Å². The SMILES string of the molecule is CNc1ccn2c(=O)c(CO)c(Nc3cccc(C)c3)nc2c1. The molecule has 0 amide bonds. The Morgan fingerprint density at radius 3 is 2.74 bits per heavy atom. The number of rotatable bonds is 4. The van der Waals surface area contributed by atoms with Crippen LogP contribution in [0.4, 0.5) is 17.2 Å². The first-order valence-corrected chi connectivity index (χ1v) is 7.30. The second-order valence-corrected chi connectivity index (χ2v) is 5.29. The van der Waals surface area contributed by atoms with Gasteiger partial charge in [-0.25, -0.2) is 4.98 Å². The highest BCUT2D eigenvalue weighted by molar-refractivity contribution is 5.64. The van der Waals surface area contributed by atoms with E-state index in [9.17, 15) is 9.90 Å². The van der Waals surface area contributed by atoms with Crippen LogP contribution in [-0.4, -0.2) is 21.5 Å². The van der Waals surface area contributed by atoms with Gasteiger partial charge in [0, 0.05) is 30.7 Å². The van der Waals surface area contributed by atoms with E-state index in [-0.39, 0.29) is 17.7 Å². The van der Waals surface area contributed by atoms with Gasteiger partial charge in [-0.2, -0.15) is 0 Å². The number of aromatic nitrogens is 2. The second kappa shape index (κ2) is 6.10. The first kappa shape index (κ1) is 15.1. The summed E-state index contributed by atoms with van der Waals surface area (Å²) in [6, 6.07) is 11.3. The molecule has 0 aliphatic rings. The van der Waals surface area contributed by atoms with Crippen LogP contribution in [0.15, 0.2) is 47.4 Å². The maximum atomic E-state index is 12.5. The van der Waals surface area contributed by atoms with Crippen molar-refractivity contribution >= 4 is 22.8 Å². The molecule has 1 aromatic carbocycles. The lowest BCUT2D eigenvalue weighted by Crippen LogP contribution is -2.22. The Hall–Kier alpha value is -2.86. The zero-order valence-corrected chi connectivity index (χ0v) is 13.0. The van der Waals surface area contributed by atoms with Crippen molar-refractivity contribution in [2.24, 2.45) is 0 Å². The van der Waals surface area contributed by atoms with Gasteiger partial charge in [-0.05, 0) is 30.7 Å². The van der Waals surface area contributed by atoms with E-state index < -0.39 is 0 Å². The summed E-state index contributed by atoms with van der Waals surface area (Å²) in [5.41, 5.74) is 3.23. The van der Waals surface area contributed by atoms with Crippen molar-refractivity contribution in [3.63, 3.8) is 0 Å². The first-order valence-electron chi connectivity index (χ1n) is 7.30. The Morgan fingerprint density at radius 1 is 1.22 bits per heavy atom. The number of benzene rings is 1. The third kappa shape index (κ3) is 2.89. The van der Waals surface area contributed by atoms with E-state index in [2.05, 4.69) is 15.6 Å². The van der Waals surface area contributed by atoms with Gasteiger partial charge in [-0.15, -0.1) is 0 Å². The predicted octanol–water partition coefficient (Wildman–Crippen LogP) is 2.28. The first-order chi connectivity index (χ1) is 11.1. The summed E-state index contributed by atoms with van der Waals surface area (Å²) in [6.45, 7) is 1.61. The minimum atomic E-state index is -0.378. The molecule has 23 heavy (non-hydrogen) atoms. The fourth-order valence-electron chi connectivity index (χ4n) is 2.44. The number of aliphatic hydroxyl groups excluding tert-OH is 1. The molecular formula is C17H18N4O2. The number of nitrogens with one attached hydrogen (secondary N) is 2. The number of anilines is 3. The Bertz CT molecular complexity index is 918. The molecular weight excluding hydrogens is 292 g/mol. The zero-order valence-electron chi connectivity index (χ0n) is 13.0. The number of aryl methyl sites for hydroxylation is 1. The van der Waals surface area contributed by atoms with E-state index in [1.807, 2.05) is 31.2 Å². The molecule has 3 aromatic rings. The fraction of sp³-hybridized carbons (Fsp3) is 0.176. The lowest BCUT2D eigenvalue weighted by atomic mass is 10.2. The number of nitrogens with zero attached hydrogens (tertiary/aromatic N) is 2. The number of fused-ring (bicyclic) bond motifs is 1. The van der Waals surface area contributed by atoms with Crippen molar-refractivity contribution in [2.75, 3.05) is 17.7 Å². The number of pyridine rings is 1. The Balaban J connectivity index is 2.16. The van der Waals surface area contributed by atoms with Gasteiger partial charge in [-0.3, -0.25) is 9.20 Å². The summed E-state index contributed by atoms with van der Waals surface area (Å²) in [5.74, 6) is 0.372. The third-order valence-corrected chi connectivity index (χ3v) is 3.65. The van der Waals surface area contributed by atoms with Gasteiger partial charge >= 0.3 is 0 Å². The van der Waals surface area contributed by atoms with Gasteiger partial charge in [0.2, 0.25) is 0 Å². The minimum absolute atomic E-state index is 0.237. The van der Waals surface area contributed by atoms with Crippen LogP contribution in [0.2, 0.25) is 0 Å². The van der Waals surface area contributed by atoms with E-state index in [1.165, 1.54) is 4.40 Å². The number of aliphatic hydroxyl groups is 1. The van der Waals surface area contributed by atoms with Crippen LogP contribution in [0.25, 0.3) is 5.65 Å². The van der Waals surface area contributed by atoms with Crippen LogP contribution in [0.5, 0.6) is 0 Å². The van der Waals surface area contributed by atoms with Crippen molar-refractivity contribution < 1.29 is 5.11 Å². The molecule has 0 aliphatic carbocycles. The van der Waals surface area contributed by atoms with Gasteiger partial charge in [0.15, 0.2) is 0 Å². The minimum Gasteiger partial charge on any atom is -0.391 e. The van der Waals surface area contributed by atoms with Crippen molar-refractivity contribution in [1.29, 1.82) is 0 Å². The number of hydrogen-bond donors (Lipinski definition) is 3. The Kier molecular flexibility index (Phi) is 3.99. The molecule has 0 saturated carbocycles. The lowest BCUT2D eigenvalue weighted by molar-refractivity contribution is 0.280. The van der Waals surface area contributed by atoms with Crippen molar-refractivity contribution in [1.82, 2.24) is 9.38 Å². The van der Waals surface area contributed by atoms with Crippen LogP contribution in [0.3, 0.4) is 0 Å². The molecule has 6 heteroatoms. The quantitative estimate of drug-likeness (QED) is 0.689. The van der Waals surface area contributed by atoms with E-state index in [1.54, 1.807) is 25.4 Å². The topological polar surface area (TPSA) is 78.7 Å². The highest BCUT2D eigenvalue weighted by Gasteiger charge is 2.12. The van der Waals surface area contributed by atoms with Crippen molar-refractivity contribution in [3.05, 3.63) is 64.1 Å². The molecule has 0 radical (unpaired) electrons. The van der Waals surface area contributed by atoms with Crippen LogP contribution in [0, 0.1) is 6.92 Å². The smallest absolute Gasteiger partial charge is 0.265 e. The van der Waals surface area contributed by atoms with Gasteiger partial charge in [-0.1, -0.05) is 12.1 Å². The largest absolute Gasteiger partial charge is 0.391 e. The Labute approximate surface area is 133 Å². The van der Waals surface area contributed by atoms with Crippen molar-refractivity contribution in [3.8, 4) is 0 Å². The molecule has 118 valence electrons. The molecule has 0 atom stereocenters. The molecule has 3 rings (SSSR count). The second-order valence-electron chi connectivity index (χ2n) is 5.29. The highest BCUT2D eigenvalue weighted by atomic mass is 16.3. The molecule has 0 bridgehead atoms. The maximum absolute atomic E-state index is 12.5. The molecule has 0 aliphatic heterocycles. The summed E-state index contributed by atoms with van der Waals surface area (Å²) in [4.78, 5) is 17.0. The molecule has 6 nitrogen and oxygen atoms in total. The standard InChI is InChI=1S/C17H18N4O2/c1-11-4-3-5-13(8-11)19-16-14(10-22)17(23)21-7-6-12(18-2)9-15(21)20-16/h3-9,18-19,22H,10H2,1-2H3.